The minimum atomic E-state index is -1.06. The highest BCUT2D eigenvalue weighted by Crippen LogP contribution is 2.20. The first-order chi connectivity index (χ1) is 6.52. The molecule has 0 aromatic heterocycles. The molecule has 2 atom stereocenters. The third-order valence-corrected chi connectivity index (χ3v) is 2.53. The smallest absolute Gasteiger partial charge is 0.239 e. The average molecular weight is 260 g/mol. The largest absolute Gasteiger partial charge is 0.381 e. The summed E-state index contributed by atoms with van der Waals surface area (Å²) in [5, 5.41) is 20.0. The molecule has 14 heavy (non-hydrogen) atoms. The second-order valence-corrected chi connectivity index (χ2v) is 3.94. The number of halogens is 1. The van der Waals surface area contributed by atoms with Crippen molar-refractivity contribution in [1.82, 2.24) is 0 Å². The van der Waals surface area contributed by atoms with E-state index in [0.717, 1.165) is 4.47 Å². The molecule has 1 aromatic carbocycles. The summed E-state index contributed by atoms with van der Waals surface area (Å²) in [7, 11) is 0. The molecule has 0 spiro atoms. The van der Waals surface area contributed by atoms with E-state index >= 15 is 0 Å². The fraction of sp³-hybridized carbons (Fsp3) is 0.333. The number of aliphatic hydroxyl groups is 1. The maximum Gasteiger partial charge on any atom is 0.239 e. The molecule has 76 valence electrons. The maximum atomic E-state index is 10.4. The van der Waals surface area contributed by atoms with Gasteiger partial charge in [-0.2, -0.15) is 0 Å². The van der Waals surface area contributed by atoms with Crippen LogP contribution in [0.4, 0.5) is 0 Å². The van der Waals surface area contributed by atoms with Gasteiger partial charge in [-0.1, -0.05) is 28.1 Å². The van der Waals surface area contributed by atoms with Crippen molar-refractivity contribution < 1.29 is 10.0 Å². The van der Waals surface area contributed by atoms with Crippen LogP contribution >= 0.6 is 15.9 Å². The third-order valence-electron chi connectivity index (χ3n) is 2.00. The Morgan fingerprint density at radius 1 is 1.43 bits per heavy atom. The Balaban J connectivity index is 2.84. The first-order valence-corrected chi connectivity index (χ1v) is 4.88. The van der Waals surface area contributed by atoms with Crippen LogP contribution in [0.5, 0.6) is 0 Å². The molecule has 0 radical (unpaired) electrons. The van der Waals surface area contributed by atoms with Crippen LogP contribution in [-0.2, 0) is 0 Å². The third kappa shape index (κ3) is 2.52. The van der Waals surface area contributed by atoms with Crippen molar-refractivity contribution in [3.63, 3.8) is 0 Å². The van der Waals surface area contributed by atoms with Crippen molar-refractivity contribution in [2.75, 3.05) is 0 Å². The molecule has 0 unspecified atom stereocenters. The van der Waals surface area contributed by atoms with Gasteiger partial charge in [-0.15, -0.1) is 0 Å². The molecule has 0 heterocycles. The van der Waals surface area contributed by atoms with Crippen LogP contribution < -0.4 is 0 Å². The lowest BCUT2D eigenvalue weighted by atomic mass is 10.0. The van der Waals surface area contributed by atoms with Crippen LogP contribution in [0.1, 0.15) is 18.6 Å². The summed E-state index contributed by atoms with van der Waals surface area (Å²) in [5.41, 5.74) is 0.553. The SMILES string of the molecule is C[C@H]([C@H](O)c1ccc(Br)cc1)[N+](=O)[O-]. The quantitative estimate of drug-likeness (QED) is 0.669. The Kier molecular flexibility index (Phi) is 3.60. The summed E-state index contributed by atoms with van der Waals surface area (Å²) in [6, 6.07) is 5.82. The lowest BCUT2D eigenvalue weighted by Gasteiger charge is -2.12. The van der Waals surface area contributed by atoms with E-state index in [9.17, 15) is 15.2 Å². The first-order valence-electron chi connectivity index (χ1n) is 4.09. The van der Waals surface area contributed by atoms with Gasteiger partial charge in [0.25, 0.3) is 0 Å². The first kappa shape index (κ1) is 11.1. The van der Waals surface area contributed by atoms with Crippen molar-refractivity contribution in [2.24, 2.45) is 0 Å². The number of benzene rings is 1. The molecule has 0 fully saturated rings. The van der Waals surface area contributed by atoms with E-state index in [0.29, 0.717) is 5.56 Å². The van der Waals surface area contributed by atoms with Gasteiger partial charge in [0.15, 0.2) is 0 Å². The number of hydrogen-bond donors (Lipinski definition) is 1. The van der Waals surface area contributed by atoms with Gasteiger partial charge in [0.2, 0.25) is 6.04 Å². The van der Waals surface area contributed by atoms with Crippen LogP contribution in [0.15, 0.2) is 28.7 Å². The molecular formula is C9H10BrNO3. The Hall–Kier alpha value is -0.940. The molecule has 4 nitrogen and oxygen atoms in total. The van der Waals surface area contributed by atoms with Gasteiger partial charge in [-0.3, -0.25) is 10.1 Å². The van der Waals surface area contributed by atoms with Gasteiger partial charge >= 0.3 is 0 Å². The van der Waals surface area contributed by atoms with E-state index in [2.05, 4.69) is 15.9 Å². The molecule has 0 aliphatic rings. The fourth-order valence-electron chi connectivity index (χ4n) is 1.05. The zero-order valence-electron chi connectivity index (χ0n) is 7.55. The molecule has 0 bridgehead atoms. The van der Waals surface area contributed by atoms with Crippen molar-refractivity contribution in [2.45, 2.75) is 19.1 Å². The number of hydrogen-bond acceptors (Lipinski definition) is 3. The fourth-order valence-corrected chi connectivity index (χ4v) is 1.32. The molecule has 0 saturated carbocycles. The lowest BCUT2D eigenvalue weighted by Crippen LogP contribution is -2.23. The number of rotatable bonds is 3. The lowest BCUT2D eigenvalue weighted by molar-refractivity contribution is -0.531. The summed E-state index contributed by atoms with van der Waals surface area (Å²) in [6.45, 7) is 1.38. The van der Waals surface area contributed by atoms with E-state index in [1.165, 1.54) is 6.92 Å². The van der Waals surface area contributed by atoms with Crippen molar-refractivity contribution in [1.29, 1.82) is 0 Å². The summed E-state index contributed by atoms with van der Waals surface area (Å²) >= 11 is 3.25. The topological polar surface area (TPSA) is 63.4 Å². The molecule has 1 aromatic rings. The predicted molar refractivity (Wildman–Crippen MR) is 55.6 cm³/mol. The Morgan fingerprint density at radius 2 is 1.93 bits per heavy atom. The highest BCUT2D eigenvalue weighted by molar-refractivity contribution is 9.10. The Labute approximate surface area is 89.8 Å². The zero-order valence-corrected chi connectivity index (χ0v) is 9.14. The predicted octanol–water partition coefficient (Wildman–Crippen LogP) is 2.15. The molecule has 0 aliphatic carbocycles. The highest BCUT2D eigenvalue weighted by atomic mass is 79.9. The van der Waals surface area contributed by atoms with Gasteiger partial charge in [0.05, 0.1) is 0 Å². The maximum absolute atomic E-state index is 10.4. The van der Waals surface area contributed by atoms with Crippen LogP contribution in [-0.4, -0.2) is 16.1 Å². The molecule has 0 amide bonds. The Bertz CT molecular complexity index is 325. The van der Waals surface area contributed by atoms with E-state index < -0.39 is 17.1 Å². The van der Waals surface area contributed by atoms with Crippen LogP contribution in [0.3, 0.4) is 0 Å². The average Bonchev–Trinajstić information content (AvgIpc) is 2.16. The van der Waals surface area contributed by atoms with Crippen molar-refractivity contribution in [3.05, 3.63) is 44.4 Å². The molecule has 0 saturated heterocycles. The number of aliphatic hydroxyl groups excluding tert-OH is 1. The summed E-state index contributed by atoms with van der Waals surface area (Å²) in [6.07, 6.45) is -1.06. The van der Waals surface area contributed by atoms with Crippen LogP contribution in [0.2, 0.25) is 0 Å². The molecule has 0 aliphatic heterocycles. The van der Waals surface area contributed by atoms with Crippen molar-refractivity contribution >= 4 is 15.9 Å². The summed E-state index contributed by atoms with van der Waals surface area (Å²) in [4.78, 5) is 9.92. The summed E-state index contributed by atoms with van der Waals surface area (Å²) < 4.78 is 0.877. The number of nitrogens with zero attached hydrogens (tertiary/aromatic N) is 1. The van der Waals surface area contributed by atoms with E-state index in [1.54, 1.807) is 24.3 Å². The van der Waals surface area contributed by atoms with Gasteiger partial charge < -0.3 is 5.11 Å². The zero-order chi connectivity index (χ0) is 10.7. The summed E-state index contributed by atoms with van der Waals surface area (Å²) in [5.74, 6) is 0. The van der Waals surface area contributed by atoms with E-state index in [1.807, 2.05) is 0 Å². The van der Waals surface area contributed by atoms with Gasteiger partial charge in [0, 0.05) is 16.3 Å². The van der Waals surface area contributed by atoms with Gasteiger partial charge in [-0.05, 0) is 17.7 Å². The molecular weight excluding hydrogens is 250 g/mol. The second-order valence-electron chi connectivity index (χ2n) is 3.02. The molecule has 1 rings (SSSR count). The normalized spacial score (nSPS) is 14.8. The second kappa shape index (κ2) is 4.52. The van der Waals surface area contributed by atoms with E-state index in [-0.39, 0.29) is 0 Å². The van der Waals surface area contributed by atoms with Crippen molar-refractivity contribution in [3.8, 4) is 0 Å². The standard InChI is InChI=1S/C9H10BrNO3/c1-6(11(13)14)9(12)7-2-4-8(10)5-3-7/h2-6,9,12H,1H3/t6-,9+/m1/s1. The van der Waals surface area contributed by atoms with E-state index in [4.69, 9.17) is 0 Å². The highest BCUT2D eigenvalue weighted by Gasteiger charge is 2.25. The molecule has 1 N–H and O–H groups in total. The molecule has 5 heteroatoms. The minimum Gasteiger partial charge on any atom is -0.381 e. The van der Waals surface area contributed by atoms with Crippen LogP contribution in [0.25, 0.3) is 0 Å². The Morgan fingerprint density at radius 3 is 2.36 bits per heavy atom. The van der Waals surface area contributed by atoms with Gasteiger partial charge in [0.1, 0.15) is 6.10 Å². The van der Waals surface area contributed by atoms with Gasteiger partial charge in [-0.25, -0.2) is 0 Å². The minimum absolute atomic E-state index is 0.493. The monoisotopic (exact) mass is 259 g/mol. The van der Waals surface area contributed by atoms with Crippen LogP contribution in [0, 0.1) is 10.1 Å². The number of nitro groups is 1.